The molecule has 0 saturated carbocycles. The number of aliphatic carboxylic acids is 1. The van der Waals surface area contributed by atoms with Gasteiger partial charge in [0.2, 0.25) is 0 Å². The maximum atomic E-state index is 10.7. The van der Waals surface area contributed by atoms with Crippen molar-refractivity contribution in [2.75, 3.05) is 13.1 Å². The van der Waals surface area contributed by atoms with Gasteiger partial charge in [0.25, 0.3) is 0 Å². The van der Waals surface area contributed by atoms with Gasteiger partial charge in [0, 0.05) is 18.8 Å². The third-order valence-electron chi connectivity index (χ3n) is 3.12. The maximum Gasteiger partial charge on any atom is 0.310 e. The van der Waals surface area contributed by atoms with Gasteiger partial charge in [-0.25, -0.2) is 0 Å². The molecule has 0 aromatic rings. The molecule has 15 heavy (non-hydrogen) atoms. The Hall–Kier alpha value is -1.25. The van der Waals surface area contributed by atoms with E-state index in [9.17, 15) is 4.79 Å². The van der Waals surface area contributed by atoms with Crippen molar-refractivity contribution in [3.05, 3.63) is 23.9 Å². The minimum atomic E-state index is -0.722. The van der Waals surface area contributed by atoms with Crippen LogP contribution in [0.3, 0.4) is 0 Å². The largest absolute Gasteiger partial charge is 0.481 e. The number of carbonyl (C=O) groups is 1. The molecule has 1 atom stereocenters. The molecule has 0 aromatic carbocycles. The fourth-order valence-corrected chi connectivity index (χ4v) is 2.18. The van der Waals surface area contributed by atoms with E-state index in [4.69, 9.17) is 5.11 Å². The molecule has 1 unspecified atom stereocenters. The van der Waals surface area contributed by atoms with Crippen LogP contribution in [0.5, 0.6) is 0 Å². The lowest BCUT2D eigenvalue weighted by molar-refractivity contribution is -0.139. The van der Waals surface area contributed by atoms with E-state index in [1.165, 1.54) is 25.0 Å². The lowest BCUT2D eigenvalue weighted by atomic mass is 9.98. The van der Waals surface area contributed by atoms with Gasteiger partial charge >= 0.3 is 5.97 Å². The number of likely N-dealkylation sites (tertiary alicyclic amines) is 1. The number of allylic oxidation sites excluding steroid dienone is 2. The number of carboxylic acid groups (broad SMARTS) is 1. The predicted molar refractivity (Wildman–Crippen MR) is 58.4 cm³/mol. The van der Waals surface area contributed by atoms with Gasteiger partial charge in [0.05, 0.1) is 5.92 Å². The van der Waals surface area contributed by atoms with Crippen LogP contribution in [0.4, 0.5) is 0 Å². The molecule has 1 fully saturated rings. The first kappa shape index (κ1) is 10.3. The van der Waals surface area contributed by atoms with E-state index in [-0.39, 0.29) is 5.92 Å². The first-order chi connectivity index (χ1) is 7.27. The minimum Gasteiger partial charge on any atom is -0.481 e. The molecular formula is C12H17NO2. The summed E-state index contributed by atoms with van der Waals surface area (Å²) in [6, 6.07) is 0. The van der Waals surface area contributed by atoms with Crippen LogP contribution in [-0.4, -0.2) is 29.1 Å². The highest BCUT2D eigenvalue weighted by atomic mass is 16.4. The van der Waals surface area contributed by atoms with Crippen LogP contribution >= 0.6 is 0 Å². The van der Waals surface area contributed by atoms with Gasteiger partial charge in [0.1, 0.15) is 0 Å². The normalized spacial score (nSPS) is 26.3. The van der Waals surface area contributed by atoms with E-state index in [0.717, 1.165) is 13.1 Å². The first-order valence-corrected chi connectivity index (χ1v) is 5.63. The van der Waals surface area contributed by atoms with Gasteiger partial charge in [0.15, 0.2) is 0 Å². The monoisotopic (exact) mass is 207 g/mol. The van der Waals surface area contributed by atoms with Crippen LogP contribution in [0.1, 0.15) is 25.7 Å². The topological polar surface area (TPSA) is 40.5 Å². The molecule has 0 bridgehead atoms. The smallest absolute Gasteiger partial charge is 0.310 e. The van der Waals surface area contributed by atoms with Crippen LogP contribution in [-0.2, 0) is 4.79 Å². The van der Waals surface area contributed by atoms with Gasteiger partial charge in [-0.3, -0.25) is 4.79 Å². The Kier molecular flexibility index (Phi) is 3.09. The zero-order valence-electron chi connectivity index (χ0n) is 8.85. The molecular weight excluding hydrogens is 190 g/mol. The Morgan fingerprint density at radius 2 is 2.07 bits per heavy atom. The highest BCUT2D eigenvalue weighted by Crippen LogP contribution is 2.22. The summed E-state index contributed by atoms with van der Waals surface area (Å²) >= 11 is 0. The van der Waals surface area contributed by atoms with Gasteiger partial charge in [-0.1, -0.05) is 12.2 Å². The third kappa shape index (κ3) is 2.41. The average molecular weight is 207 g/mol. The Balaban J connectivity index is 1.95. The summed E-state index contributed by atoms with van der Waals surface area (Å²) in [6.07, 6.45) is 10.3. The molecule has 1 saturated heterocycles. The van der Waals surface area contributed by atoms with Crippen molar-refractivity contribution in [1.82, 2.24) is 4.90 Å². The number of hydrogen-bond donors (Lipinski definition) is 1. The summed E-state index contributed by atoms with van der Waals surface area (Å²) in [4.78, 5) is 13.1. The molecule has 1 aliphatic carbocycles. The Bertz CT molecular complexity index is 301. The molecule has 2 rings (SSSR count). The molecule has 0 aromatic heterocycles. The number of piperidine rings is 1. The molecule has 1 aliphatic heterocycles. The molecule has 82 valence electrons. The number of hydrogen-bond acceptors (Lipinski definition) is 2. The third-order valence-corrected chi connectivity index (χ3v) is 3.12. The lowest BCUT2D eigenvalue weighted by Gasteiger charge is -2.31. The van der Waals surface area contributed by atoms with Gasteiger partial charge in [-0.2, -0.15) is 0 Å². The Morgan fingerprint density at radius 3 is 2.60 bits per heavy atom. The summed E-state index contributed by atoms with van der Waals surface area (Å²) in [5.74, 6) is -1.04. The molecule has 0 radical (unpaired) electrons. The quantitative estimate of drug-likeness (QED) is 0.753. The number of carboxylic acids is 1. The molecule has 3 heteroatoms. The SMILES string of the molecule is O=C(O)C1C=CC(N2CCCCC2)=CC1. The van der Waals surface area contributed by atoms with Crippen molar-refractivity contribution < 1.29 is 9.90 Å². The highest BCUT2D eigenvalue weighted by Gasteiger charge is 2.19. The first-order valence-electron chi connectivity index (χ1n) is 5.63. The van der Waals surface area contributed by atoms with E-state index in [1.807, 2.05) is 12.2 Å². The van der Waals surface area contributed by atoms with Crippen molar-refractivity contribution in [3.63, 3.8) is 0 Å². The van der Waals surface area contributed by atoms with Gasteiger partial charge in [-0.05, 0) is 31.8 Å². The molecule has 1 N–H and O–H groups in total. The van der Waals surface area contributed by atoms with Crippen molar-refractivity contribution in [1.29, 1.82) is 0 Å². The summed E-state index contributed by atoms with van der Waals surface area (Å²) in [5, 5.41) is 8.84. The van der Waals surface area contributed by atoms with E-state index in [0.29, 0.717) is 6.42 Å². The molecule has 3 nitrogen and oxygen atoms in total. The van der Waals surface area contributed by atoms with E-state index in [1.54, 1.807) is 0 Å². The van der Waals surface area contributed by atoms with Gasteiger partial charge < -0.3 is 10.0 Å². The number of rotatable bonds is 2. The Labute approximate surface area is 90.1 Å². The van der Waals surface area contributed by atoms with Crippen molar-refractivity contribution >= 4 is 5.97 Å². The van der Waals surface area contributed by atoms with Gasteiger partial charge in [-0.15, -0.1) is 0 Å². The summed E-state index contributed by atoms with van der Waals surface area (Å²) in [6.45, 7) is 2.24. The van der Waals surface area contributed by atoms with Crippen molar-refractivity contribution in [3.8, 4) is 0 Å². The number of nitrogens with zero attached hydrogens (tertiary/aromatic N) is 1. The zero-order chi connectivity index (χ0) is 10.7. The van der Waals surface area contributed by atoms with Crippen LogP contribution in [0.25, 0.3) is 0 Å². The van der Waals surface area contributed by atoms with E-state index < -0.39 is 5.97 Å². The zero-order valence-corrected chi connectivity index (χ0v) is 8.85. The maximum absolute atomic E-state index is 10.7. The summed E-state index contributed by atoms with van der Waals surface area (Å²) in [7, 11) is 0. The second kappa shape index (κ2) is 4.51. The van der Waals surface area contributed by atoms with E-state index >= 15 is 0 Å². The van der Waals surface area contributed by atoms with Crippen molar-refractivity contribution in [2.24, 2.45) is 5.92 Å². The second-order valence-electron chi connectivity index (χ2n) is 4.22. The van der Waals surface area contributed by atoms with Crippen LogP contribution in [0.15, 0.2) is 23.9 Å². The van der Waals surface area contributed by atoms with Crippen LogP contribution < -0.4 is 0 Å². The van der Waals surface area contributed by atoms with Crippen LogP contribution in [0, 0.1) is 5.92 Å². The second-order valence-corrected chi connectivity index (χ2v) is 4.22. The molecule has 0 spiro atoms. The molecule has 2 aliphatic rings. The fourth-order valence-electron chi connectivity index (χ4n) is 2.18. The lowest BCUT2D eigenvalue weighted by Crippen LogP contribution is -2.29. The van der Waals surface area contributed by atoms with Crippen molar-refractivity contribution in [2.45, 2.75) is 25.7 Å². The average Bonchev–Trinajstić information content (AvgIpc) is 2.30. The fraction of sp³-hybridized carbons (Fsp3) is 0.583. The molecule has 0 amide bonds. The summed E-state index contributed by atoms with van der Waals surface area (Å²) in [5.41, 5.74) is 1.22. The standard InChI is InChI=1S/C12H17NO2/c14-12(15)10-4-6-11(7-5-10)13-8-2-1-3-9-13/h4,6-7,10H,1-3,5,8-9H2,(H,14,15). The summed E-state index contributed by atoms with van der Waals surface area (Å²) < 4.78 is 0. The van der Waals surface area contributed by atoms with E-state index in [2.05, 4.69) is 11.0 Å². The predicted octanol–water partition coefficient (Wildman–Crippen LogP) is 2.02. The highest BCUT2D eigenvalue weighted by molar-refractivity contribution is 5.73. The molecule has 1 heterocycles. The van der Waals surface area contributed by atoms with Crippen LogP contribution in [0.2, 0.25) is 0 Å². The minimum absolute atomic E-state index is 0.321. The Morgan fingerprint density at radius 1 is 1.33 bits per heavy atom.